The number of aryl methyl sites for hydroxylation is 1. The number of nitrogens with one attached hydrogen (secondary N) is 1. The lowest BCUT2D eigenvalue weighted by Gasteiger charge is -2.15. The highest BCUT2D eigenvalue weighted by Crippen LogP contribution is 2.27. The third-order valence-corrected chi connectivity index (χ3v) is 5.18. The number of hydrogen-bond donors (Lipinski definition) is 2. The summed E-state index contributed by atoms with van der Waals surface area (Å²) < 4.78 is 44.9. The molecule has 2 aromatic heterocycles. The van der Waals surface area contributed by atoms with Gasteiger partial charge in [-0.1, -0.05) is 26.0 Å². The fourth-order valence-electron chi connectivity index (χ4n) is 3.20. The molecule has 2 N–H and O–H groups in total. The number of aliphatic hydroxyl groups is 1. The van der Waals surface area contributed by atoms with Crippen molar-refractivity contribution in [2.24, 2.45) is 0 Å². The fourth-order valence-corrected chi connectivity index (χ4v) is 3.20. The molecule has 0 radical (unpaired) electrons. The van der Waals surface area contributed by atoms with Crippen molar-refractivity contribution in [1.29, 1.82) is 0 Å². The third kappa shape index (κ3) is 5.37. The number of oxazole rings is 1. The van der Waals surface area contributed by atoms with Crippen molar-refractivity contribution in [3.63, 3.8) is 0 Å². The first-order valence-electron chi connectivity index (χ1n) is 10.3. The van der Waals surface area contributed by atoms with Crippen molar-refractivity contribution in [1.82, 2.24) is 19.9 Å². The van der Waals surface area contributed by atoms with Crippen LogP contribution in [0.25, 0.3) is 22.7 Å². The SMILES string of the molecule is CCC(CC)NC(=O)c1cnc(-c2cccc(-c3cn(CC(O)C(F)(F)F)c(C)n3)c2)o1. The Balaban J connectivity index is 1.80. The molecule has 1 unspecified atom stereocenters. The number of alkyl halides is 3. The Bertz CT molecular complexity index is 1070. The monoisotopic (exact) mass is 450 g/mol. The number of halogens is 3. The van der Waals surface area contributed by atoms with Crippen LogP contribution in [-0.2, 0) is 6.54 Å². The molecule has 1 aromatic carbocycles. The lowest BCUT2D eigenvalue weighted by molar-refractivity contribution is -0.207. The van der Waals surface area contributed by atoms with Gasteiger partial charge in [0.2, 0.25) is 11.7 Å². The van der Waals surface area contributed by atoms with Gasteiger partial charge in [-0.15, -0.1) is 0 Å². The number of hydrogen-bond acceptors (Lipinski definition) is 5. The first-order valence-corrected chi connectivity index (χ1v) is 10.3. The number of carbonyl (C=O) groups excluding carboxylic acids is 1. The standard InChI is InChI=1S/C22H25F3N4O3/c1-4-16(5-2)28-20(31)18-10-26-21(32-18)15-8-6-7-14(9-15)17-11-29(13(3)27-17)12-19(30)22(23,24)25/h6-11,16,19,30H,4-5,12H2,1-3H3,(H,28,31). The Morgan fingerprint density at radius 3 is 2.59 bits per heavy atom. The lowest BCUT2D eigenvalue weighted by Crippen LogP contribution is -2.33. The van der Waals surface area contributed by atoms with Crippen LogP contribution in [0.4, 0.5) is 13.2 Å². The van der Waals surface area contributed by atoms with Gasteiger partial charge in [-0.2, -0.15) is 13.2 Å². The van der Waals surface area contributed by atoms with E-state index in [0.717, 1.165) is 12.8 Å². The zero-order chi connectivity index (χ0) is 23.5. The van der Waals surface area contributed by atoms with Gasteiger partial charge in [0, 0.05) is 23.4 Å². The third-order valence-electron chi connectivity index (χ3n) is 5.18. The quantitative estimate of drug-likeness (QED) is 0.532. The Hall–Kier alpha value is -3.14. The predicted molar refractivity (Wildman–Crippen MR) is 112 cm³/mol. The van der Waals surface area contributed by atoms with E-state index in [1.807, 2.05) is 13.8 Å². The molecule has 1 amide bonds. The van der Waals surface area contributed by atoms with Crippen LogP contribution in [0.1, 0.15) is 43.1 Å². The summed E-state index contributed by atoms with van der Waals surface area (Å²) in [4.78, 5) is 20.8. The van der Waals surface area contributed by atoms with Crippen molar-refractivity contribution in [3.8, 4) is 22.7 Å². The summed E-state index contributed by atoms with van der Waals surface area (Å²) in [5.41, 5.74) is 1.66. The summed E-state index contributed by atoms with van der Waals surface area (Å²) in [7, 11) is 0. The highest BCUT2D eigenvalue weighted by atomic mass is 19.4. The second-order valence-corrected chi connectivity index (χ2v) is 7.48. The molecular formula is C22H25F3N4O3. The summed E-state index contributed by atoms with van der Waals surface area (Å²) in [6, 6.07) is 7.00. The molecule has 0 saturated heterocycles. The van der Waals surface area contributed by atoms with Gasteiger partial charge in [0.15, 0.2) is 6.10 Å². The molecule has 0 bridgehead atoms. The molecule has 0 spiro atoms. The highest BCUT2D eigenvalue weighted by Gasteiger charge is 2.38. The average Bonchev–Trinajstić information content (AvgIpc) is 3.39. The highest BCUT2D eigenvalue weighted by molar-refractivity contribution is 5.91. The van der Waals surface area contributed by atoms with Gasteiger partial charge < -0.3 is 19.4 Å². The summed E-state index contributed by atoms with van der Waals surface area (Å²) >= 11 is 0. The number of rotatable bonds is 8. The van der Waals surface area contributed by atoms with E-state index in [4.69, 9.17) is 4.42 Å². The molecule has 1 atom stereocenters. The van der Waals surface area contributed by atoms with Crippen LogP contribution in [0.3, 0.4) is 0 Å². The second-order valence-electron chi connectivity index (χ2n) is 7.48. The normalized spacial score (nSPS) is 12.9. The predicted octanol–water partition coefficient (Wildman–Crippen LogP) is 4.36. The van der Waals surface area contributed by atoms with Crippen LogP contribution in [0.5, 0.6) is 0 Å². The van der Waals surface area contributed by atoms with E-state index in [-0.39, 0.29) is 23.6 Å². The van der Waals surface area contributed by atoms with Gasteiger partial charge in [-0.05, 0) is 31.9 Å². The van der Waals surface area contributed by atoms with E-state index in [1.165, 1.54) is 17.0 Å². The van der Waals surface area contributed by atoms with Crippen LogP contribution in [0.15, 0.2) is 41.1 Å². The number of carbonyl (C=O) groups is 1. The number of imidazole rings is 1. The van der Waals surface area contributed by atoms with Crippen molar-refractivity contribution in [2.75, 3.05) is 0 Å². The van der Waals surface area contributed by atoms with Gasteiger partial charge >= 0.3 is 6.18 Å². The van der Waals surface area contributed by atoms with Crippen LogP contribution < -0.4 is 5.32 Å². The van der Waals surface area contributed by atoms with Crippen molar-refractivity contribution < 1.29 is 27.5 Å². The molecule has 0 fully saturated rings. The van der Waals surface area contributed by atoms with E-state index in [1.54, 1.807) is 31.2 Å². The molecule has 0 aliphatic carbocycles. The molecular weight excluding hydrogens is 425 g/mol. The molecule has 0 aliphatic rings. The van der Waals surface area contributed by atoms with Gasteiger partial charge in [-0.25, -0.2) is 9.97 Å². The van der Waals surface area contributed by atoms with Crippen molar-refractivity contribution in [2.45, 2.75) is 58.5 Å². The minimum absolute atomic E-state index is 0.0496. The number of amides is 1. The Morgan fingerprint density at radius 2 is 1.94 bits per heavy atom. The maximum absolute atomic E-state index is 12.7. The summed E-state index contributed by atoms with van der Waals surface area (Å²) in [6.45, 7) is 4.89. The smallest absolute Gasteiger partial charge is 0.416 e. The van der Waals surface area contributed by atoms with Crippen LogP contribution in [-0.4, -0.2) is 43.9 Å². The van der Waals surface area contributed by atoms with Gasteiger partial charge in [0.05, 0.1) is 18.4 Å². The topological polar surface area (TPSA) is 93.2 Å². The Morgan fingerprint density at radius 1 is 1.25 bits per heavy atom. The molecule has 172 valence electrons. The lowest BCUT2D eigenvalue weighted by atomic mass is 10.1. The van der Waals surface area contributed by atoms with Crippen LogP contribution in [0.2, 0.25) is 0 Å². The molecule has 2 heterocycles. The van der Waals surface area contributed by atoms with E-state index >= 15 is 0 Å². The molecule has 7 nitrogen and oxygen atoms in total. The van der Waals surface area contributed by atoms with Crippen molar-refractivity contribution in [3.05, 3.63) is 48.2 Å². The summed E-state index contributed by atoms with van der Waals surface area (Å²) in [6.07, 6.45) is -2.77. The molecule has 3 aromatic rings. The molecule has 10 heteroatoms. The Labute approximate surface area is 183 Å². The zero-order valence-electron chi connectivity index (χ0n) is 18.0. The average molecular weight is 450 g/mol. The van der Waals surface area contributed by atoms with Crippen LogP contribution >= 0.6 is 0 Å². The molecule has 0 aliphatic heterocycles. The molecule has 32 heavy (non-hydrogen) atoms. The Kier molecular flexibility index (Phi) is 7.02. The van der Waals surface area contributed by atoms with E-state index in [0.29, 0.717) is 22.6 Å². The largest absolute Gasteiger partial charge is 0.431 e. The molecule has 3 rings (SSSR count). The van der Waals surface area contributed by atoms with Crippen molar-refractivity contribution >= 4 is 5.91 Å². The minimum atomic E-state index is -4.71. The van der Waals surface area contributed by atoms with E-state index < -0.39 is 18.8 Å². The molecule has 0 saturated carbocycles. The van der Waals surface area contributed by atoms with Gasteiger partial charge in [0.1, 0.15) is 5.82 Å². The fraction of sp³-hybridized carbons (Fsp3) is 0.409. The maximum Gasteiger partial charge on any atom is 0.416 e. The van der Waals surface area contributed by atoms with Crippen LogP contribution in [0, 0.1) is 6.92 Å². The zero-order valence-corrected chi connectivity index (χ0v) is 18.0. The minimum Gasteiger partial charge on any atom is -0.431 e. The maximum atomic E-state index is 12.7. The number of aromatic nitrogens is 3. The first kappa shape index (κ1) is 23.5. The van der Waals surface area contributed by atoms with Gasteiger partial charge in [-0.3, -0.25) is 4.79 Å². The number of benzene rings is 1. The van der Waals surface area contributed by atoms with E-state index in [9.17, 15) is 23.1 Å². The summed E-state index contributed by atoms with van der Waals surface area (Å²) in [5.74, 6) is 0.333. The summed E-state index contributed by atoms with van der Waals surface area (Å²) in [5, 5.41) is 12.2. The number of aliphatic hydroxyl groups excluding tert-OH is 1. The second kappa shape index (κ2) is 9.56. The first-order chi connectivity index (χ1) is 15.1. The van der Waals surface area contributed by atoms with Gasteiger partial charge in [0.25, 0.3) is 5.91 Å². The number of nitrogens with zero attached hydrogens (tertiary/aromatic N) is 3. The van der Waals surface area contributed by atoms with E-state index in [2.05, 4.69) is 15.3 Å².